The maximum Gasteiger partial charge on any atom is 0.260 e. The van der Waals surface area contributed by atoms with Crippen molar-refractivity contribution in [3.63, 3.8) is 0 Å². The average Bonchev–Trinajstić information content (AvgIpc) is 2.91. The lowest BCUT2D eigenvalue weighted by Crippen LogP contribution is -2.12. The van der Waals surface area contributed by atoms with Gasteiger partial charge in [0.15, 0.2) is 11.5 Å². The number of hydrogen-bond acceptors (Lipinski definition) is 4. The Morgan fingerprint density at radius 2 is 2.20 bits per heavy atom. The number of hydrogen-bond donors (Lipinski definition) is 1. The van der Waals surface area contributed by atoms with Crippen molar-refractivity contribution in [3.8, 4) is 0 Å². The maximum atomic E-state index is 12.1. The first-order valence-electron chi connectivity index (χ1n) is 5.93. The van der Waals surface area contributed by atoms with Crippen molar-refractivity contribution in [2.45, 2.75) is 13.8 Å². The number of carbonyl (C=O) groups excluding carboxylic acids is 1. The van der Waals surface area contributed by atoms with Gasteiger partial charge in [-0.1, -0.05) is 11.6 Å². The number of rotatable bonds is 2. The first-order chi connectivity index (χ1) is 9.52. The third-order valence-corrected chi connectivity index (χ3v) is 3.02. The van der Waals surface area contributed by atoms with Crippen molar-refractivity contribution in [3.05, 3.63) is 46.6 Å². The molecule has 0 radical (unpaired) electrons. The van der Waals surface area contributed by atoms with Gasteiger partial charge in [-0.2, -0.15) is 5.10 Å². The highest BCUT2D eigenvalue weighted by Gasteiger charge is 2.15. The molecule has 6 nitrogen and oxygen atoms in total. The minimum atomic E-state index is -0.270. The Labute approximate surface area is 119 Å². The lowest BCUT2D eigenvalue weighted by atomic mass is 10.2. The molecule has 0 spiro atoms. The van der Waals surface area contributed by atoms with Gasteiger partial charge in [0.05, 0.1) is 11.8 Å². The number of aryl methyl sites for hydroxylation is 2. The second kappa shape index (κ2) is 4.64. The Morgan fingerprint density at radius 3 is 2.90 bits per heavy atom. The molecule has 0 fully saturated rings. The summed E-state index contributed by atoms with van der Waals surface area (Å²) in [7, 11) is 0. The molecule has 0 aliphatic heterocycles. The van der Waals surface area contributed by atoms with E-state index in [0.29, 0.717) is 33.7 Å². The quantitative estimate of drug-likeness (QED) is 0.787. The van der Waals surface area contributed by atoms with Gasteiger partial charge in [0, 0.05) is 0 Å². The van der Waals surface area contributed by atoms with Gasteiger partial charge in [0.25, 0.3) is 5.91 Å². The molecule has 3 rings (SSSR count). The molecule has 0 saturated carbocycles. The van der Waals surface area contributed by atoms with Crippen molar-refractivity contribution in [2.75, 3.05) is 5.32 Å². The summed E-state index contributed by atoms with van der Waals surface area (Å²) >= 11 is 5.79. The fourth-order valence-electron chi connectivity index (χ4n) is 1.96. The second-order valence-corrected chi connectivity index (χ2v) is 4.75. The molecule has 102 valence electrons. The SMILES string of the molecule is Cc1cc(C(=O)Nc2cn3nc(Cl)ccc3n2)c(C)o1. The van der Waals surface area contributed by atoms with Crippen LogP contribution in [-0.2, 0) is 0 Å². The van der Waals surface area contributed by atoms with Gasteiger partial charge >= 0.3 is 0 Å². The van der Waals surface area contributed by atoms with Crippen LogP contribution in [0, 0.1) is 13.8 Å². The van der Waals surface area contributed by atoms with E-state index in [1.165, 1.54) is 4.52 Å². The molecular formula is C13H11ClN4O2. The zero-order chi connectivity index (χ0) is 14.3. The predicted octanol–water partition coefficient (Wildman–Crippen LogP) is 2.84. The minimum Gasteiger partial charge on any atom is -0.466 e. The van der Waals surface area contributed by atoms with Gasteiger partial charge in [0.1, 0.15) is 16.7 Å². The zero-order valence-corrected chi connectivity index (χ0v) is 11.6. The topological polar surface area (TPSA) is 72.4 Å². The van der Waals surface area contributed by atoms with E-state index in [9.17, 15) is 4.79 Å². The highest BCUT2D eigenvalue weighted by molar-refractivity contribution is 6.29. The van der Waals surface area contributed by atoms with Crippen LogP contribution < -0.4 is 5.32 Å². The fraction of sp³-hybridized carbons (Fsp3) is 0.154. The van der Waals surface area contributed by atoms with Gasteiger partial charge in [-0.15, -0.1) is 0 Å². The molecule has 1 amide bonds. The Hall–Kier alpha value is -2.34. The second-order valence-electron chi connectivity index (χ2n) is 4.37. The van der Waals surface area contributed by atoms with Crippen LogP contribution in [0.1, 0.15) is 21.9 Å². The summed E-state index contributed by atoms with van der Waals surface area (Å²) in [6.07, 6.45) is 1.60. The highest BCUT2D eigenvalue weighted by atomic mass is 35.5. The lowest BCUT2D eigenvalue weighted by Gasteiger charge is -1.98. The third-order valence-electron chi connectivity index (χ3n) is 2.81. The van der Waals surface area contributed by atoms with Crippen LogP contribution in [0.3, 0.4) is 0 Å². The Balaban J connectivity index is 1.89. The summed E-state index contributed by atoms with van der Waals surface area (Å²) in [5.41, 5.74) is 1.09. The Bertz CT molecular complexity index is 806. The molecular weight excluding hydrogens is 280 g/mol. The van der Waals surface area contributed by atoms with Gasteiger partial charge in [-0.05, 0) is 32.0 Å². The molecule has 0 aromatic carbocycles. The van der Waals surface area contributed by atoms with Crippen LogP contribution in [-0.4, -0.2) is 20.5 Å². The van der Waals surface area contributed by atoms with Crippen molar-refractivity contribution in [2.24, 2.45) is 0 Å². The summed E-state index contributed by atoms with van der Waals surface area (Å²) in [4.78, 5) is 16.4. The van der Waals surface area contributed by atoms with Crippen LogP contribution in [0.2, 0.25) is 5.15 Å². The van der Waals surface area contributed by atoms with Crippen LogP contribution in [0.5, 0.6) is 0 Å². The Kier molecular flexibility index (Phi) is 2.94. The van der Waals surface area contributed by atoms with Gasteiger partial charge in [-0.25, -0.2) is 9.50 Å². The summed E-state index contributed by atoms with van der Waals surface area (Å²) in [5, 5.41) is 7.11. The van der Waals surface area contributed by atoms with Crippen LogP contribution in [0.25, 0.3) is 5.65 Å². The predicted molar refractivity (Wildman–Crippen MR) is 74.1 cm³/mol. The lowest BCUT2D eigenvalue weighted by molar-refractivity contribution is 0.102. The number of amides is 1. The molecule has 0 atom stereocenters. The zero-order valence-electron chi connectivity index (χ0n) is 10.8. The van der Waals surface area contributed by atoms with Crippen molar-refractivity contribution in [1.82, 2.24) is 14.6 Å². The largest absolute Gasteiger partial charge is 0.466 e. The molecule has 0 aliphatic carbocycles. The maximum absolute atomic E-state index is 12.1. The molecule has 3 aromatic rings. The standard InChI is InChI=1S/C13H11ClN4O2/c1-7-5-9(8(2)20-7)13(19)16-11-6-18-12(15-11)4-3-10(14)17-18/h3-6H,1-2H3,(H,16,19). The molecule has 0 unspecified atom stereocenters. The molecule has 0 bridgehead atoms. The number of aromatic nitrogens is 3. The van der Waals surface area contributed by atoms with Crippen molar-refractivity contribution < 1.29 is 9.21 Å². The minimum absolute atomic E-state index is 0.270. The average molecular weight is 291 g/mol. The smallest absolute Gasteiger partial charge is 0.260 e. The van der Waals surface area contributed by atoms with Crippen molar-refractivity contribution >= 4 is 29.0 Å². The third kappa shape index (κ3) is 2.25. The number of nitrogens with zero attached hydrogens (tertiary/aromatic N) is 3. The van der Waals surface area contributed by atoms with Crippen LogP contribution >= 0.6 is 11.6 Å². The number of furan rings is 1. The van der Waals surface area contributed by atoms with Gasteiger partial charge < -0.3 is 9.73 Å². The molecule has 0 aliphatic rings. The number of fused-ring (bicyclic) bond motifs is 1. The van der Waals surface area contributed by atoms with E-state index >= 15 is 0 Å². The van der Waals surface area contributed by atoms with Crippen molar-refractivity contribution in [1.29, 1.82) is 0 Å². The summed E-state index contributed by atoms with van der Waals surface area (Å²) in [6, 6.07) is 5.05. The summed E-state index contributed by atoms with van der Waals surface area (Å²) in [6.45, 7) is 3.54. The fourth-order valence-corrected chi connectivity index (χ4v) is 2.10. The number of anilines is 1. The summed E-state index contributed by atoms with van der Waals surface area (Å²) in [5.74, 6) is 1.40. The number of halogens is 1. The molecule has 0 saturated heterocycles. The van der Waals surface area contributed by atoms with Gasteiger partial charge in [-0.3, -0.25) is 4.79 Å². The highest BCUT2D eigenvalue weighted by Crippen LogP contribution is 2.16. The normalized spacial score (nSPS) is 10.9. The Morgan fingerprint density at radius 1 is 1.40 bits per heavy atom. The molecule has 3 heterocycles. The number of carbonyl (C=O) groups is 1. The molecule has 1 N–H and O–H groups in total. The van der Waals surface area contributed by atoms with E-state index in [-0.39, 0.29) is 5.91 Å². The van der Waals surface area contributed by atoms with E-state index in [4.69, 9.17) is 16.0 Å². The number of imidazole rings is 1. The van der Waals surface area contributed by atoms with E-state index in [1.54, 1.807) is 38.2 Å². The first kappa shape index (κ1) is 12.7. The first-order valence-corrected chi connectivity index (χ1v) is 6.31. The molecule has 7 heteroatoms. The van der Waals surface area contributed by atoms with E-state index < -0.39 is 0 Å². The van der Waals surface area contributed by atoms with E-state index in [2.05, 4.69) is 15.4 Å². The van der Waals surface area contributed by atoms with E-state index in [1.807, 2.05) is 0 Å². The van der Waals surface area contributed by atoms with Crippen LogP contribution in [0.4, 0.5) is 5.82 Å². The van der Waals surface area contributed by atoms with Gasteiger partial charge in [0.2, 0.25) is 0 Å². The summed E-state index contributed by atoms with van der Waals surface area (Å²) < 4.78 is 6.84. The molecule has 20 heavy (non-hydrogen) atoms. The number of nitrogens with one attached hydrogen (secondary N) is 1. The van der Waals surface area contributed by atoms with E-state index in [0.717, 1.165) is 0 Å². The van der Waals surface area contributed by atoms with Crippen LogP contribution in [0.15, 0.2) is 28.8 Å². The monoisotopic (exact) mass is 290 g/mol. The molecule has 3 aromatic heterocycles.